The number of carbonyl (C=O) groups excluding carboxylic acids is 1. The predicted octanol–water partition coefficient (Wildman–Crippen LogP) is 3.20. The zero-order valence-electron chi connectivity index (χ0n) is 10.8. The topological polar surface area (TPSA) is 50.4 Å². The normalized spacial score (nSPS) is 16.9. The van der Waals surface area contributed by atoms with Gasteiger partial charge in [-0.1, -0.05) is 23.7 Å². The maximum atomic E-state index is 12.1. The van der Waals surface area contributed by atoms with Gasteiger partial charge in [0.25, 0.3) is 5.91 Å². The number of hydrogen-bond acceptors (Lipinski definition) is 3. The van der Waals surface area contributed by atoms with E-state index in [1.54, 1.807) is 19.2 Å². The highest BCUT2D eigenvalue weighted by atomic mass is 35.5. The van der Waals surface area contributed by atoms with Crippen LogP contribution >= 0.6 is 11.6 Å². The molecule has 0 bridgehead atoms. The zero-order valence-corrected chi connectivity index (χ0v) is 11.6. The van der Waals surface area contributed by atoms with Crippen LogP contribution in [-0.2, 0) is 0 Å². The van der Waals surface area contributed by atoms with Gasteiger partial charge < -0.3 is 15.4 Å². The maximum absolute atomic E-state index is 12.1. The van der Waals surface area contributed by atoms with Crippen LogP contribution in [-0.4, -0.2) is 13.0 Å². The third-order valence-electron chi connectivity index (χ3n) is 3.23. The number of amides is 1. The molecule has 0 aliphatic carbocycles. The first kappa shape index (κ1) is 12.8. The molecule has 5 heteroatoms. The van der Waals surface area contributed by atoms with Crippen LogP contribution in [0.4, 0.5) is 5.69 Å². The van der Waals surface area contributed by atoms with Crippen molar-refractivity contribution < 1.29 is 9.53 Å². The molecule has 1 aliphatic rings. The summed E-state index contributed by atoms with van der Waals surface area (Å²) >= 11 is 5.91. The first-order valence-corrected chi connectivity index (χ1v) is 6.56. The quantitative estimate of drug-likeness (QED) is 0.892. The second-order valence-electron chi connectivity index (χ2n) is 4.52. The van der Waals surface area contributed by atoms with Crippen molar-refractivity contribution in [1.29, 1.82) is 0 Å². The van der Waals surface area contributed by atoms with E-state index in [0.717, 1.165) is 17.0 Å². The zero-order chi connectivity index (χ0) is 14.1. The van der Waals surface area contributed by atoms with Crippen molar-refractivity contribution in [2.45, 2.75) is 6.17 Å². The molecule has 102 valence electrons. The number of halogens is 1. The van der Waals surface area contributed by atoms with E-state index in [-0.39, 0.29) is 12.1 Å². The van der Waals surface area contributed by atoms with Gasteiger partial charge in [0.2, 0.25) is 0 Å². The average Bonchev–Trinajstić information content (AvgIpc) is 2.48. The summed E-state index contributed by atoms with van der Waals surface area (Å²) in [5.41, 5.74) is 2.25. The van der Waals surface area contributed by atoms with Crippen molar-refractivity contribution in [3.8, 4) is 5.75 Å². The Balaban J connectivity index is 1.94. The van der Waals surface area contributed by atoms with Gasteiger partial charge in [0.15, 0.2) is 0 Å². The van der Waals surface area contributed by atoms with Crippen LogP contribution in [0.2, 0.25) is 5.02 Å². The van der Waals surface area contributed by atoms with Crippen molar-refractivity contribution in [2.24, 2.45) is 0 Å². The molecule has 4 nitrogen and oxygen atoms in total. The number of methoxy groups -OCH3 is 1. The predicted molar refractivity (Wildman–Crippen MR) is 78.3 cm³/mol. The summed E-state index contributed by atoms with van der Waals surface area (Å²) < 4.78 is 5.20. The molecule has 0 aromatic heterocycles. The van der Waals surface area contributed by atoms with Gasteiger partial charge in [0, 0.05) is 10.7 Å². The number of ether oxygens (including phenoxy) is 1. The van der Waals surface area contributed by atoms with Crippen molar-refractivity contribution in [3.05, 3.63) is 58.6 Å². The lowest BCUT2D eigenvalue weighted by Crippen LogP contribution is -2.38. The van der Waals surface area contributed by atoms with Crippen LogP contribution in [0, 0.1) is 0 Å². The lowest BCUT2D eigenvalue weighted by atomic mass is 10.1. The highest BCUT2D eigenvalue weighted by molar-refractivity contribution is 6.31. The molecule has 1 heterocycles. The highest BCUT2D eigenvalue weighted by Gasteiger charge is 2.24. The van der Waals surface area contributed by atoms with Gasteiger partial charge in [0.05, 0.1) is 12.7 Å². The molecule has 0 saturated heterocycles. The summed E-state index contributed by atoms with van der Waals surface area (Å²) in [5.74, 6) is 0.606. The fraction of sp³-hybridized carbons (Fsp3) is 0.133. The van der Waals surface area contributed by atoms with Gasteiger partial charge in [-0.3, -0.25) is 4.79 Å². The number of hydrogen-bond donors (Lipinski definition) is 2. The van der Waals surface area contributed by atoms with Gasteiger partial charge in [-0.25, -0.2) is 0 Å². The third-order valence-corrected chi connectivity index (χ3v) is 3.46. The van der Waals surface area contributed by atoms with E-state index < -0.39 is 0 Å². The Labute approximate surface area is 121 Å². The van der Waals surface area contributed by atoms with E-state index in [1.807, 2.05) is 30.3 Å². The van der Waals surface area contributed by atoms with Crippen LogP contribution < -0.4 is 15.4 Å². The molecule has 1 amide bonds. The molecule has 0 fully saturated rings. The van der Waals surface area contributed by atoms with Crippen LogP contribution in [0.25, 0.3) is 0 Å². The second kappa shape index (κ2) is 5.06. The Bertz CT molecular complexity index is 673. The number of carbonyl (C=O) groups is 1. The maximum Gasteiger partial charge on any atom is 0.255 e. The summed E-state index contributed by atoms with van der Waals surface area (Å²) in [5, 5.41) is 6.72. The molecule has 1 aliphatic heterocycles. The molecule has 0 saturated carbocycles. The minimum atomic E-state index is -0.286. The van der Waals surface area contributed by atoms with Crippen molar-refractivity contribution in [3.63, 3.8) is 0 Å². The summed E-state index contributed by atoms with van der Waals surface area (Å²) in [6.07, 6.45) is -0.286. The molecule has 2 N–H and O–H groups in total. The Morgan fingerprint density at radius 3 is 2.80 bits per heavy atom. The van der Waals surface area contributed by atoms with E-state index in [2.05, 4.69) is 10.6 Å². The summed E-state index contributed by atoms with van der Waals surface area (Å²) in [4.78, 5) is 12.1. The van der Waals surface area contributed by atoms with Crippen LogP contribution in [0.5, 0.6) is 5.75 Å². The Morgan fingerprint density at radius 2 is 2.00 bits per heavy atom. The lowest BCUT2D eigenvalue weighted by molar-refractivity contribution is 0.0935. The second-order valence-corrected chi connectivity index (χ2v) is 4.95. The molecule has 0 radical (unpaired) electrons. The average molecular weight is 289 g/mol. The number of anilines is 1. The fourth-order valence-corrected chi connectivity index (χ4v) is 2.39. The van der Waals surface area contributed by atoms with Gasteiger partial charge >= 0.3 is 0 Å². The number of nitrogens with one attached hydrogen (secondary N) is 2. The van der Waals surface area contributed by atoms with Crippen LogP contribution in [0.1, 0.15) is 22.1 Å². The SMILES string of the molecule is COc1cccc([C@H]2NC(=O)c3cc(Cl)ccc3N2)c1. The summed E-state index contributed by atoms with van der Waals surface area (Å²) in [6.45, 7) is 0. The largest absolute Gasteiger partial charge is 0.497 e. The molecule has 20 heavy (non-hydrogen) atoms. The van der Waals surface area contributed by atoms with E-state index in [4.69, 9.17) is 16.3 Å². The fourth-order valence-electron chi connectivity index (χ4n) is 2.22. The Hall–Kier alpha value is -2.20. The Morgan fingerprint density at radius 1 is 1.15 bits per heavy atom. The van der Waals surface area contributed by atoms with Gasteiger partial charge in [-0.15, -0.1) is 0 Å². The number of fused-ring (bicyclic) bond motifs is 1. The molecule has 3 rings (SSSR count). The monoisotopic (exact) mass is 288 g/mol. The van der Waals surface area contributed by atoms with E-state index >= 15 is 0 Å². The minimum absolute atomic E-state index is 0.144. The summed E-state index contributed by atoms with van der Waals surface area (Å²) in [7, 11) is 1.61. The van der Waals surface area contributed by atoms with E-state index in [0.29, 0.717) is 10.6 Å². The van der Waals surface area contributed by atoms with Crippen molar-refractivity contribution >= 4 is 23.2 Å². The third kappa shape index (κ3) is 2.30. The van der Waals surface area contributed by atoms with Gasteiger partial charge in [-0.05, 0) is 35.9 Å². The first-order chi connectivity index (χ1) is 9.67. The van der Waals surface area contributed by atoms with Crippen LogP contribution in [0.3, 0.4) is 0 Å². The first-order valence-electron chi connectivity index (χ1n) is 6.18. The standard InChI is InChI=1S/C15H13ClN2O2/c1-20-11-4-2-3-9(7-11)14-17-13-6-5-10(16)8-12(13)15(19)18-14/h2-8,14,17H,1H3,(H,18,19)/t14-/m1/s1. The summed E-state index contributed by atoms with van der Waals surface area (Å²) in [6, 6.07) is 12.8. The molecule has 2 aromatic rings. The molecular formula is C15H13ClN2O2. The molecule has 0 spiro atoms. The highest BCUT2D eigenvalue weighted by Crippen LogP contribution is 2.29. The number of benzene rings is 2. The van der Waals surface area contributed by atoms with Gasteiger partial charge in [0.1, 0.15) is 11.9 Å². The molecule has 2 aromatic carbocycles. The molecule has 1 atom stereocenters. The van der Waals surface area contributed by atoms with Crippen LogP contribution in [0.15, 0.2) is 42.5 Å². The number of rotatable bonds is 2. The Kier molecular flexibility index (Phi) is 3.24. The van der Waals surface area contributed by atoms with E-state index in [1.165, 1.54) is 0 Å². The molecule has 0 unspecified atom stereocenters. The minimum Gasteiger partial charge on any atom is -0.497 e. The van der Waals surface area contributed by atoms with Gasteiger partial charge in [-0.2, -0.15) is 0 Å². The van der Waals surface area contributed by atoms with Crippen molar-refractivity contribution in [2.75, 3.05) is 12.4 Å². The lowest BCUT2D eigenvalue weighted by Gasteiger charge is -2.28. The van der Waals surface area contributed by atoms with Crippen molar-refractivity contribution in [1.82, 2.24) is 5.32 Å². The molecular weight excluding hydrogens is 276 g/mol. The smallest absolute Gasteiger partial charge is 0.255 e. The van der Waals surface area contributed by atoms with E-state index in [9.17, 15) is 4.79 Å².